The third-order valence-corrected chi connectivity index (χ3v) is 6.00. The molecule has 1 fully saturated rings. The molecule has 0 unspecified atom stereocenters. The standard InChI is InChI=1S/C24H26N2O2/c1-23(2)19-12-5-6-13-20(19)26-17-15-22(27)25-24(23,26)16-9-8-11-18-10-4-7-14-21(18)28-3/h4-14,16H,15,17H2,1-3H3,(H,25,27)/b11-8+,16-9+/t24-/m0/s1. The van der Waals surface area contributed by atoms with Crippen LogP contribution in [0.15, 0.2) is 66.8 Å². The molecule has 0 spiro atoms. The fourth-order valence-electron chi connectivity index (χ4n) is 4.48. The molecule has 4 heteroatoms. The number of nitrogens with zero attached hydrogens (tertiary/aromatic N) is 1. The van der Waals surface area contributed by atoms with Gasteiger partial charge in [0.15, 0.2) is 0 Å². The summed E-state index contributed by atoms with van der Waals surface area (Å²) in [4.78, 5) is 14.7. The van der Waals surface area contributed by atoms with E-state index in [1.807, 2.05) is 42.5 Å². The number of rotatable bonds is 4. The Hall–Kier alpha value is -3.01. The number of fused-ring (bicyclic) bond motifs is 3. The summed E-state index contributed by atoms with van der Waals surface area (Å²) in [7, 11) is 1.68. The summed E-state index contributed by atoms with van der Waals surface area (Å²) in [5, 5.41) is 3.29. The van der Waals surface area contributed by atoms with E-state index in [2.05, 4.69) is 54.4 Å². The third kappa shape index (κ3) is 2.71. The van der Waals surface area contributed by atoms with Crippen molar-refractivity contribution in [3.8, 4) is 5.75 Å². The first-order valence-corrected chi connectivity index (χ1v) is 9.67. The molecule has 2 aliphatic heterocycles. The van der Waals surface area contributed by atoms with E-state index in [1.54, 1.807) is 7.11 Å². The Labute approximate surface area is 166 Å². The van der Waals surface area contributed by atoms with E-state index in [-0.39, 0.29) is 11.3 Å². The van der Waals surface area contributed by atoms with Crippen molar-refractivity contribution >= 4 is 17.7 Å². The Balaban J connectivity index is 1.70. The third-order valence-electron chi connectivity index (χ3n) is 6.00. The summed E-state index contributed by atoms with van der Waals surface area (Å²) in [6.07, 6.45) is 8.69. The van der Waals surface area contributed by atoms with Gasteiger partial charge >= 0.3 is 0 Å². The lowest BCUT2D eigenvalue weighted by Gasteiger charge is -2.49. The van der Waals surface area contributed by atoms with Crippen LogP contribution >= 0.6 is 0 Å². The van der Waals surface area contributed by atoms with Gasteiger partial charge in [-0.15, -0.1) is 0 Å². The van der Waals surface area contributed by atoms with Crippen LogP contribution in [0.1, 0.15) is 31.4 Å². The Bertz CT molecular complexity index is 961. The molecule has 2 aromatic rings. The zero-order chi connectivity index (χ0) is 19.8. The second-order valence-corrected chi connectivity index (χ2v) is 7.82. The first kappa shape index (κ1) is 18.4. The van der Waals surface area contributed by atoms with Gasteiger partial charge in [0.2, 0.25) is 5.91 Å². The van der Waals surface area contributed by atoms with Crippen molar-refractivity contribution in [2.75, 3.05) is 18.6 Å². The van der Waals surface area contributed by atoms with Gasteiger partial charge in [0.05, 0.1) is 7.11 Å². The lowest BCUT2D eigenvalue weighted by atomic mass is 9.74. The second-order valence-electron chi connectivity index (χ2n) is 7.82. The van der Waals surface area contributed by atoms with E-state index in [1.165, 1.54) is 11.3 Å². The average Bonchev–Trinajstić information content (AvgIpc) is 2.90. The average molecular weight is 374 g/mol. The molecule has 1 saturated heterocycles. The zero-order valence-corrected chi connectivity index (χ0v) is 16.6. The number of benzene rings is 2. The van der Waals surface area contributed by atoms with Crippen LogP contribution in [0.25, 0.3) is 6.08 Å². The Morgan fingerprint density at radius 2 is 1.82 bits per heavy atom. The number of anilines is 1. The number of methoxy groups -OCH3 is 1. The molecule has 2 aromatic carbocycles. The quantitative estimate of drug-likeness (QED) is 0.812. The van der Waals surface area contributed by atoms with Crippen LogP contribution < -0.4 is 15.0 Å². The van der Waals surface area contributed by atoms with Gasteiger partial charge in [-0.1, -0.05) is 68.5 Å². The maximum absolute atomic E-state index is 12.4. The molecular formula is C24H26N2O2. The minimum Gasteiger partial charge on any atom is -0.496 e. The summed E-state index contributed by atoms with van der Waals surface area (Å²) >= 11 is 0. The molecule has 28 heavy (non-hydrogen) atoms. The van der Waals surface area contributed by atoms with Gasteiger partial charge in [0, 0.05) is 29.6 Å². The maximum Gasteiger partial charge on any atom is 0.223 e. The fraction of sp³-hybridized carbons (Fsp3) is 0.292. The molecule has 0 saturated carbocycles. The normalized spacial score (nSPS) is 23.0. The first-order valence-electron chi connectivity index (χ1n) is 9.67. The van der Waals surface area contributed by atoms with Crippen molar-refractivity contribution in [2.45, 2.75) is 31.3 Å². The van der Waals surface area contributed by atoms with Crippen molar-refractivity contribution in [3.05, 3.63) is 77.9 Å². The summed E-state index contributed by atoms with van der Waals surface area (Å²) in [5.74, 6) is 0.932. The molecule has 0 aromatic heterocycles. The number of allylic oxidation sites excluding steroid dienone is 2. The predicted octanol–water partition coefficient (Wildman–Crippen LogP) is 4.28. The molecule has 4 rings (SSSR count). The van der Waals surface area contributed by atoms with Crippen LogP contribution in [0, 0.1) is 0 Å². The van der Waals surface area contributed by atoms with Crippen molar-refractivity contribution in [2.24, 2.45) is 0 Å². The van der Waals surface area contributed by atoms with E-state index in [9.17, 15) is 4.79 Å². The van der Waals surface area contributed by atoms with Crippen molar-refractivity contribution in [3.63, 3.8) is 0 Å². The van der Waals surface area contributed by atoms with Gasteiger partial charge in [-0.05, 0) is 23.8 Å². The zero-order valence-electron chi connectivity index (χ0n) is 16.6. The van der Waals surface area contributed by atoms with E-state index in [0.29, 0.717) is 13.0 Å². The number of ether oxygens (including phenoxy) is 1. The summed E-state index contributed by atoms with van der Waals surface area (Å²) in [6.45, 7) is 5.12. The van der Waals surface area contributed by atoms with Crippen LogP contribution in [0.3, 0.4) is 0 Å². The summed E-state index contributed by atoms with van der Waals surface area (Å²) in [5.41, 5.74) is 2.65. The smallest absolute Gasteiger partial charge is 0.223 e. The molecule has 0 radical (unpaired) electrons. The van der Waals surface area contributed by atoms with Crippen LogP contribution in [-0.4, -0.2) is 25.2 Å². The number of hydrogen-bond acceptors (Lipinski definition) is 3. The minimum atomic E-state index is -0.572. The highest BCUT2D eigenvalue weighted by Gasteiger charge is 2.57. The van der Waals surface area contributed by atoms with Gasteiger partial charge in [-0.2, -0.15) is 0 Å². The van der Waals surface area contributed by atoms with E-state index in [0.717, 1.165) is 11.3 Å². The molecule has 144 valence electrons. The first-order chi connectivity index (χ1) is 13.5. The Morgan fingerprint density at radius 3 is 2.64 bits per heavy atom. The van der Waals surface area contributed by atoms with Gasteiger partial charge in [0.1, 0.15) is 11.4 Å². The number of hydrogen-bond donors (Lipinski definition) is 1. The molecule has 1 atom stereocenters. The second kappa shape index (κ2) is 6.86. The lowest BCUT2D eigenvalue weighted by molar-refractivity contribution is -0.124. The molecule has 1 N–H and O–H groups in total. The minimum absolute atomic E-state index is 0.0930. The number of nitrogens with one attached hydrogen (secondary N) is 1. The van der Waals surface area contributed by atoms with Crippen LogP contribution in [0.2, 0.25) is 0 Å². The molecule has 0 bridgehead atoms. The van der Waals surface area contributed by atoms with Crippen LogP contribution in [-0.2, 0) is 10.2 Å². The van der Waals surface area contributed by atoms with Crippen molar-refractivity contribution in [1.29, 1.82) is 0 Å². The van der Waals surface area contributed by atoms with Gasteiger partial charge in [-0.25, -0.2) is 0 Å². The monoisotopic (exact) mass is 374 g/mol. The van der Waals surface area contributed by atoms with Crippen LogP contribution in [0.4, 0.5) is 5.69 Å². The number of carbonyl (C=O) groups excluding carboxylic acids is 1. The van der Waals surface area contributed by atoms with E-state index in [4.69, 9.17) is 4.74 Å². The molecule has 4 nitrogen and oxygen atoms in total. The van der Waals surface area contributed by atoms with Crippen molar-refractivity contribution in [1.82, 2.24) is 5.32 Å². The molecule has 2 aliphatic rings. The number of carbonyl (C=O) groups is 1. The van der Waals surface area contributed by atoms with E-state index >= 15 is 0 Å². The number of para-hydroxylation sites is 2. The Kier molecular flexibility index (Phi) is 4.50. The Morgan fingerprint density at radius 1 is 1.07 bits per heavy atom. The highest BCUT2D eigenvalue weighted by atomic mass is 16.5. The summed E-state index contributed by atoms with van der Waals surface area (Å²) < 4.78 is 5.41. The molecular weight excluding hydrogens is 348 g/mol. The largest absolute Gasteiger partial charge is 0.496 e. The van der Waals surface area contributed by atoms with Gasteiger partial charge < -0.3 is 15.0 Å². The summed E-state index contributed by atoms with van der Waals surface area (Å²) in [6, 6.07) is 16.4. The van der Waals surface area contributed by atoms with Crippen molar-refractivity contribution < 1.29 is 9.53 Å². The highest BCUT2D eigenvalue weighted by molar-refractivity contribution is 5.84. The fourth-order valence-corrected chi connectivity index (χ4v) is 4.48. The molecule has 0 aliphatic carbocycles. The van der Waals surface area contributed by atoms with E-state index < -0.39 is 5.66 Å². The maximum atomic E-state index is 12.4. The van der Waals surface area contributed by atoms with Gasteiger partial charge in [-0.3, -0.25) is 4.79 Å². The SMILES string of the molecule is COc1ccccc1/C=C/C=C/[C@]12NC(=O)CCN1c1ccccc1C2(C)C. The predicted molar refractivity (Wildman–Crippen MR) is 113 cm³/mol. The number of amides is 1. The molecule has 2 heterocycles. The topological polar surface area (TPSA) is 41.6 Å². The van der Waals surface area contributed by atoms with Gasteiger partial charge in [0.25, 0.3) is 0 Å². The lowest BCUT2D eigenvalue weighted by Crippen LogP contribution is -2.68. The highest BCUT2D eigenvalue weighted by Crippen LogP contribution is 2.52. The molecule has 1 amide bonds. The van der Waals surface area contributed by atoms with Crippen LogP contribution in [0.5, 0.6) is 5.75 Å².